The molecule has 2 aromatic rings. The average Bonchev–Trinajstić information content (AvgIpc) is 2.56. The summed E-state index contributed by atoms with van der Waals surface area (Å²) in [6, 6.07) is 13.9. The van der Waals surface area contributed by atoms with Gasteiger partial charge in [-0.2, -0.15) is 11.8 Å². The number of carbonyl (C=O) groups is 1. The molecule has 0 heterocycles. The molecule has 0 radical (unpaired) electrons. The third-order valence-electron chi connectivity index (χ3n) is 3.32. The summed E-state index contributed by atoms with van der Waals surface area (Å²) >= 11 is 7.75. The lowest BCUT2D eigenvalue weighted by atomic mass is 10.1. The Balaban J connectivity index is 1.72. The fourth-order valence-corrected chi connectivity index (χ4v) is 3.28. The second-order valence-corrected chi connectivity index (χ2v) is 6.57. The maximum absolute atomic E-state index is 11.9. The van der Waals surface area contributed by atoms with Gasteiger partial charge in [-0.3, -0.25) is 14.9 Å². The summed E-state index contributed by atoms with van der Waals surface area (Å²) in [7, 11) is 0. The van der Waals surface area contributed by atoms with Crippen molar-refractivity contribution in [2.75, 3.05) is 12.3 Å². The molecule has 0 aliphatic rings. The number of carbonyl (C=O) groups excluding carboxylic acids is 1. The summed E-state index contributed by atoms with van der Waals surface area (Å²) in [5.74, 6) is 1.30. The molecule has 1 N–H and O–H groups in total. The van der Waals surface area contributed by atoms with Crippen LogP contribution in [-0.2, 0) is 17.0 Å². The highest BCUT2D eigenvalue weighted by atomic mass is 35.5. The molecule has 5 nitrogen and oxygen atoms in total. The van der Waals surface area contributed by atoms with Crippen molar-refractivity contribution in [2.45, 2.75) is 12.2 Å². The smallest absolute Gasteiger partial charge is 0.273 e. The van der Waals surface area contributed by atoms with E-state index in [0.29, 0.717) is 12.1 Å². The van der Waals surface area contributed by atoms with Gasteiger partial charge in [0.2, 0.25) is 5.91 Å². The number of benzene rings is 2. The molecule has 0 bridgehead atoms. The summed E-state index contributed by atoms with van der Waals surface area (Å²) in [5.41, 5.74) is 1.46. The first-order valence-corrected chi connectivity index (χ1v) is 8.91. The van der Waals surface area contributed by atoms with Gasteiger partial charge in [-0.15, -0.1) is 0 Å². The fourth-order valence-electron chi connectivity index (χ4n) is 2.13. The van der Waals surface area contributed by atoms with E-state index in [9.17, 15) is 14.9 Å². The molecule has 0 unspecified atom stereocenters. The van der Waals surface area contributed by atoms with Gasteiger partial charge in [-0.05, 0) is 11.6 Å². The second-order valence-electron chi connectivity index (χ2n) is 5.06. The van der Waals surface area contributed by atoms with Crippen LogP contribution in [0.2, 0.25) is 5.02 Å². The quantitative estimate of drug-likeness (QED) is 0.439. The van der Waals surface area contributed by atoms with E-state index in [-0.39, 0.29) is 18.0 Å². The molecule has 7 heteroatoms. The van der Waals surface area contributed by atoms with Gasteiger partial charge < -0.3 is 5.32 Å². The minimum Gasteiger partial charge on any atom is -0.355 e. The van der Waals surface area contributed by atoms with Crippen molar-refractivity contribution in [3.05, 3.63) is 74.8 Å². The first kappa shape index (κ1) is 18.3. The minimum atomic E-state index is -0.470. The molecule has 0 saturated carbocycles. The number of hydrogen-bond acceptors (Lipinski definition) is 4. The number of nitro benzene ring substituents is 1. The zero-order chi connectivity index (χ0) is 17.4. The molecule has 0 spiro atoms. The number of rotatable bonds is 8. The molecule has 2 aromatic carbocycles. The van der Waals surface area contributed by atoms with Crippen molar-refractivity contribution in [3.63, 3.8) is 0 Å². The predicted molar refractivity (Wildman–Crippen MR) is 97.4 cm³/mol. The standard InChI is InChI=1S/C17H17ClN2O3S/c18-15-7-3-1-6-14(15)12-24-10-9-19-17(21)11-13-5-2-4-8-16(13)20(22)23/h1-8H,9-12H2,(H,19,21). The van der Waals surface area contributed by atoms with Gasteiger partial charge in [0.15, 0.2) is 0 Å². The van der Waals surface area contributed by atoms with Gasteiger partial charge in [0, 0.05) is 34.7 Å². The molecule has 126 valence electrons. The maximum Gasteiger partial charge on any atom is 0.273 e. The molecule has 2 rings (SSSR count). The number of hydrogen-bond donors (Lipinski definition) is 1. The molecule has 0 atom stereocenters. The Labute approximate surface area is 149 Å². The molecule has 0 aliphatic carbocycles. The summed E-state index contributed by atoms with van der Waals surface area (Å²) in [6.07, 6.45) is 0.00628. The highest BCUT2D eigenvalue weighted by Gasteiger charge is 2.15. The van der Waals surface area contributed by atoms with E-state index in [1.54, 1.807) is 30.0 Å². The average molecular weight is 365 g/mol. The van der Waals surface area contributed by atoms with E-state index < -0.39 is 4.92 Å². The number of para-hydroxylation sites is 1. The lowest BCUT2D eigenvalue weighted by Gasteiger charge is -2.07. The van der Waals surface area contributed by atoms with Crippen molar-refractivity contribution >= 4 is 35.0 Å². The molecule has 0 aliphatic heterocycles. The molecule has 24 heavy (non-hydrogen) atoms. The Hall–Kier alpha value is -2.05. The Morgan fingerprint density at radius 1 is 1.12 bits per heavy atom. The zero-order valence-corrected chi connectivity index (χ0v) is 14.5. The van der Waals surface area contributed by atoms with E-state index in [1.165, 1.54) is 6.07 Å². The lowest BCUT2D eigenvalue weighted by molar-refractivity contribution is -0.385. The highest BCUT2D eigenvalue weighted by Crippen LogP contribution is 2.20. The van der Waals surface area contributed by atoms with E-state index in [2.05, 4.69) is 5.32 Å². The van der Waals surface area contributed by atoms with Gasteiger partial charge in [-0.1, -0.05) is 48.0 Å². The van der Waals surface area contributed by atoms with E-state index in [4.69, 9.17) is 11.6 Å². The van der Waals surface area contributed by atoms with Crippen LogP contribution in [0.5, 0.6) is 0 Å². The van der Waals surface area contributed by atoms with E-state index >= 15 is 0 Å². The monoisotopic (exact) mass is 364 g/mol. The topological polar surface area (TPSA) is 72.2 Å². The number of halogens is 1. The van der Waals surface area contributed by atoms with E-state index in [0.717, 1.165) is 22.1 Å². The van der Waals surface area contributed by atoms with Gasteiger partial charge >= 0.3 is 0 Å². The SMILES string of the molecule is O=C(Cc1ccccc1[N+](=O)[O-])NCCSCc1ccccc1Cl. The van der Waals surface area contributed by atoms with Gasteiger partial charge in [-0.25, -0.2) is 0 Å². The van der Waals surface area contributed by atoms with Crippen LogP contribution < -0.4 is 5.32 Å². The van der Waals surface area contributed by atoms with Gasteiger partial charge in [0.05, 0.1) is 11.3 Å². The highest BCUT2D eigenvalue weighted by molar-refractivity contribution is 7.98. The lowest BCUT2D eigenvalue weighted by Crippen LogP contribution is -2.27. The summed E-state index contributed by atoms with van der Waals surface area (Å²) in [4.78, 5) is 22.4. The molecular formula is C17H17ClN2O3S. The molecule has 0 aromatic heterocycles. The molecule has 0 saturated heterocycles. The van der Waals surface area contributed by atoms with Crippen LogP contribution in [0.4, 0.5) is 5.69 Å². The van der Waals surface area contributed by atoms with Crippen molar-refractivity contribution in [1.82, 2.24) is 5.32 Å². The number of amides is 1. The predicted octanol–water partition coefficient (Wildman–Crippen LogP) is 3.84. The first-order chi connectivity index (χ1) is 11.6. The number of thioether (sulfide) groups is 1. The molecule has 0 fully saturated rings. The van der Waals surface area contributed by atoms with Gasteiger partial charge in [0.25, 0.3) is 5.69 Å². The summed E-state index contributed by atoms with van der Waals surface area (Å²) in [5, 5.41) is 14.4. The van der Waals surface area contributed by atoms with Crippen molar-refractivity contribution in [1.29, 1.82) is 0 Å². The van der Waals surface area contributed by atoms with Crippen molar-refractivity contribution < 1.29 is 9.72 Å². The fraction of sp³-hybridized carbons (Fsp3) is 0.235. The maximum atomic E-state index is 11.9. The number of nitro groups is 1. The zero-order valence-electron chi connectivity index (χ0n) is 12.9. The van der Waals surface area contributed by atoms with Gasteiger partial charge in [0.1, 0.15) is 0 Å². The van der Waals surface area contributed by atoms with Crippen LogP contribution in [0.15, 0.2) is 48.5 Å². The van der Waals surface area contributed by atoms with Crippen LogP contribution in [-0.4, -0.2) is 23.1 Å². The van der Waals surface area contributed by atoms with Crippen LogP contribution in [0, 0.1) is 10.1 Å². The molecule has 1 amide bonds. The number of nitrogens with one attached hydrogen (secondary N) is 1. The third-order valence-corrected chi connectivity index (χ3v) is 4.70. The van der Waals surface area contributed by atoms with Crippen molar-refractivity contribution in [2.24, 2.45) is 0 Å². The summed E-state index contributed by atoms with van der Waals surface area (Å²) in [6.45, 7) is 0.509. The Kier molecular flexibility index (Phi) is 7.08. The Morgan fingerprint density at radius 3 is 2.50 bits per heavy atom. The van der Waals surface area contributed by atoms with Crippen LogP contribution in [0.25, 0.3) is 0 Å². The molecular weight excluding hydrogens is 348 g/mol. The minimum absolute atomic E-state index is 0.00628. The van der Waals surface area contributed by atoms with Crippen LogP contribution in [0.1, 0.15) is 11.1 Å². The van der Waals surface area contributed by atoms with E-state index in [1.807, 2.05) is 24.3 Å². The Bertz CT molecular complexity index is 724. The van der Waals surface area contributed by atoms with Crippen LogP contribution in [0.3, 0.4) is 0 Å². The summed E-state index contributed by atoms with van der Waals surface area (Å²) < 4.78 is 0. The second kappa shape index (κ2) is 9.30. The number of nitrogens with zero attached hydrogens (tertiary/aromatic N) is 1. The first-order valence-electron chi connectivity index (χ1n) is 7.38. The van der Waals surface area contributed by atoms with Crippen molar-refractivity contribution in [3.8, 4) is 0 Å². The normalized spacial score (nSPS) is 10.4. The largest absolute Gasteiger partial charge is 0.355 e. The third kappa shape index (κ3) is 5.54. The van der Waals surface area contributed by atoms with Crippen LogP contribution >= 0.6 is 23.4 Å². The Morgan fingerprint density at radius 2 is 1.79 bits per heavy atom.